The van der Waals surface area contributed by atoms with E-state index in [0.29, 0.717) is 5.78 Å². The summed E-state index contributed by atoms with van der Waals surface area (Å²) in [6.07, 6.45) is 8.57. The zero-order chi connectivity index (χ0) is 16.1. The third-order valence-corrected chi connectivity index (χ3v) is 5.92. The second-order valence-electron chi connectivity index (χ2n) is 7.36. The molecule has 1 unspecified atom stereocenters. The Balaban J connectivity index is 1.83. The summed E-state index contributed by atoms with van der Waals surface area (Å²) in [4.78, 5) is 12.6. The Morgan fingerprint density at radius 3 is 2.54 bits per heavy atom. The molecule has 0 spiro atoms. The van der Waals surface area contributed by atoms with Gasteiger partial charge in [-0.05, 0) is 49.1 Å². The molecule has 1 atom stereocenters. The van der Waals surface area contributed by atoms with E-state index in [1.165, 1.54) is 45.9 Å². The summed E-state index contributed by atoms with van der Waals surface area (Å²) in [6, 6.07) is 10.8. The maximum Gasteiger partial charge on any atom is 0.142 e. The zero-order valence-electron chi connectivity index (χ0n) is 13.9. The van der Waals surface area contributed by atoms with Gasteiger partial charge in [-0.2, -0.15) is 0 Å². The highest BCUT2D eigenvalue weighted by atomic mass is 16.3. The number of rotatable bonds is 1. The fourth-order valence-electron chi connectivity index (χ4n) is 4.71. The molecule has 122 valence electrons. The lowest BCUT2D eigenvalue weighted by molar-refractivity contribution is -0.121. The topological polar surface area (TPSA) is 30.2 Å². The number of aryl methyl sites for hydroxylation is 2. The van der Waals surface area contributed by atoms with E-state index in [9.17, 15) is 4.79 Å². The van der Waals surface area contributed by atoms with Gasteiger partial charge in [-0.3, -0.25) is 4.79 Å². The van der Waals surface area contributed by atoms with Gasteiger partial charge in [0.05, 0.1) is 0 Å². The van der Waals surface area contributed by atoms with Gasteiger partial charge in [0.1, 0.15) is 17.1 Å². The molecule has 2 aliphatic carbocycles. The number of hydrogen-bond donors (Lipinski definition) is 0. The number of ketones is 1. The van der Waals surface area contributed by atoms with E-state index in [-0.39, 0.29) is 5.92 Å². The second-order valence-corrected chi connectivity index (χ2v) is 7.36. The Morgan fingerprint density at radius 1 is 0.875 bits per heavy atom. The number of fused-ring (bicyclic) bond motifs is 5. The van der Waals surface area contributed by atoms with E-state index in [1.807, 2.05) is 0 Å². The third-order valence-electron chi connectivity index (χ3n) is 5.92. The minimum Gasteiger partial charge on any atom is -0.460 e. The van der Waals surface area contributed by atoms with Crippen LogP contribution in [-0.4, -0.2) is 5.78 Å². The highest BCUT2D eigenvalue weighted by Gasteiger charge is 2.28. The van der Waals surface area contributed by atoms with Gasteiger partial charge in [0, 0.05) is 35.1 Å². The van der Waals surface area contributed by atoms with E-state index < -0.39 is 0 Å². The zero-order valence-corrected chi connectivity index (χ0v) is 13.9. The van der Waals surface area contributed by atoms with Crippen LogP contribution in [0.25, 0.3) is 21.7 Å². The molecule has 0 bridgehead atoms. The number of carbonyl (C=O) groups is 1. The van der Waals surface area contributed by atoms with Gasteiger partial charge >= 0.3 is 0 Å². The number of benzene rings is 2. The average molecular weight is 318 g/mol. The Kier molecular flexibility index (Phi) is 3.26. The van der Waals surface area contributed by atoms with Crippen LogP contribution < -0.4 is 0 Å². The van der Waals surface area contributed by atoms with Gasteiger partial charge in [0.25, 0.3) is 0 Å². The monoisotopic (exact) mass is 318 g/mol. The molecule has 1 fully saturated rings. The summed E-state index contributed by atoms with van der Waals surface area (Å²) < 4.78 is 6.29. The van der Waals surface area contributed by atoms with Crippen LogP contribution in [0.5, 0.6) is 0 Å². The van der Waals surface area contributed by atoms with Crippen molar-refractivity contribution in [2.75, 3.05) is 0 Å². The van der Waals surface area contributed by atoms with Crippen molar-refractivity contribution >= 4 is 27.5 Å². The minimum absolute atomic E-state index is 0.0715. The van der Waals surface area contributed by atoms with Gasteiger partial charge in [-0.1, -0.05) is 30.7 Å². The molecule has 5 rings (SSSR count). The van der Waals surface area contributed by atoms with E-state index in [0.717, 1.165) is 44.1 Å². The molecule has 0 radical (unpaired) electrons. The smallest absolute Gasteiger partial charge is 0.142 e. The Bertz CT molecular complexity index is 947. The average Bonchev–Trinajstić information content (AvgIpc) is 3.01. The van der Waals surface area contributed by atoms with Crippen LogP contribution in [0, 0.1) is 0 Å². The van der Waals surface area contributed by atoms with Crippen LogP contribution >= 0.6 is 0 Å². The van der Waals surface area contributed by atoms with Crippen LogP contribution in [0.4, 0.5) is 0 Å². The van der Waals surface area contributed by atoms with Gasteiger partial charge < -0.3 is 4.42 Å². The van der Waals surface area contributed by atoms with E-state index in [2.05, 4.69) is 30.3 Å². The maximum absolute atomic E-state index is 12.6. The fraction of sp³-hybridized carbons (Fsp3) is 0.409. The molecular weight excluding hydrogens is 296 g/mol. The lowest BCUT2D eigenvalue weighted by Gasteiger charge is -2.22. The van der Waals surface area contributed by atoms with Crippen molar-refractivity contribution in [3.05, 3.63) is 47.2 Å². The first-order valence-electron chi connectivity index (χ1n) is 9.31. The van der Waals surface area contributed by atoms with Crippen LogP contribution in [0.3, 0.4) is 0 Å². The van der Waals surface area contributed by atoms with E-state index in [4.69, 9.17) is 4.42 Å². The molecule has 24 heavy (non-hydrogen) atoms. The van der Waals surface area contributed by atoms with Crippen molar-refractivity contribution in [3.63, 3.8) is 0 Å². The molecule has 2 aliphatic rings. The highest BCUT2D eigenvalue weighted by Crippen LogP contribution is 2.41. The molecule has 0 saturated heterocycles. The van der Waals surface area contributed by atoms with Crippen molar-refractivity contribution in [1.82, 2.24) is 0 Å². The molecule has 0 N–H and O–H groups in total. The van der Waals surface area contributed by atoms with Crippen molar-refractivity contribution < 1.29 is 9.21 Å². The third kappa shape index (κ3) is 2.05. The first kappa shape index (κ1) is 14.3. The Morgan fingerprint density at radius 2 is 1.67 bits per heavy atom. The van der Waals surface area contributed by atoms with Gasteiger partial charge in [-0.15, -0.1) is 0 Å². The number of hydrogen-bond acceptors (Lipinski definition) is 2. The molecule has 0 aliphatic heterocycles. The second kappa shape index (κ2) is 5.47. The van der Waals surface area contributed by atoms with Crippen LogP contribution in [0.15, 0.2) is 34.7 Å². The first-order chi connectivity index (χ1) is 11.8. The molecule has 3 aromatic rings. The fourth-order valence-corrected chi connectivity index (χ4v) is 4.71. The summed E-state index contributed by atoms with van der Waals surface area (Å²) in [7, 11) is 0. The lowest BCUT2D eigenvalue weighted by Crippen LogP contribution is -2.17. The first-order valence-corrected chi connectivity index (χ1v) is 9.31. The van der Waals surface area contributed by atoms with E-state index in [1.54, 1.807) is 0 Å². The Hall–Kier alpha value is -2.09. The molecule has 2 heteroatoms. The van der Waals surface area contributed by atoms with Gasteiger partial charge in [-0.25, -0.2) is 0 Å². The van der Waals surface area contributed by atoms with Crippen molar-refractivity contribution in [1.29, 1.82) is 0 Å². The van der Waals surface area contributed by atoms with Crippen molar-refractivity contribution in [2.45, 2.75) is 57.3 Å². The largest absolute Gasteiger partial charge is 0.460 e. The summed E-state index contributed by atoms with van der Waals surface area (Å²) in [5, 5.41) is 3.64. The molecule has 2 nitrogen and oxygen atoms in total. The number of carbonyl (C=O) groups excluding carboxylic acids is 1. The SMILES string of the molecule is O=C1CCCCC1c1cc2c3c(oc2c2ccccc12)CCCC3. The van der Waals surface area contributed by atoms with Crippen LogP contribution in [0.1, 0.15) is 61.3 Å². The van der Waals surface area contributed by atoms with Crippen LogP contribution in [0.2, 0.25) is 0 Å². The molecule has 0 amide bonds. The summed E-state index contributed by atoms with van der Waals surface area (Å²) >= 11 is 0. The quantitative estimate of drug-likeness (QED) is 0.577. The van der Waals surface area contributed by atoms with Crippen LogP contribution in [-0.2, 0) is 17.6 Å². The number of furan rings is 1. The molecule has 1 aromatic heterocycles. The normalized spacial score (nSPS) is 21.3. The molecular formula is C22H22O2. The predicted octanol–water partition coefficient (Wildman–Crippen LogP) is 5.69. The highest BCUT2D eigenvalue weighted by molar-refractivity contribution is 6.09. The van der Waals surface area contributed by atoms with E-state index >= 15 is 0 Å². The van der Waals surface area contributed by atoms with Crippen molar-refractivity contribution in [3.8, 4) is 0 Å². The predicted molar refractivity (Wildman–Crippen MR) is 96.6 cm³/mol. The van der Waals surface area contributed by atoms with Gasteiger partial charge in [0.2, 0.25) is 0 Å². The summed E-state index contributed by atoms with van der Waals surface area (Å²) in [5.74, 6) is 1.67. The summed E-state index contributed by atoms with van der Waals surface area (Å²) in [5.41, 5.74) is 3.66. The number of Topliss-reactive ketones (excluding diaryl/α,β-unsaturated/α-hetero) is 1. The Labute approximate surface area is 141 Å². The van der Waals surface area contributed by atoms with Crippen molar-refractivity contribution in [2.24, 2.45) is 0 Å². The molecule has 1 heterocycles. The maximum atomic E-state index is 12.6. The molecule has 2 aromatic carbocycles. The lowest BCUT2D eigenvalue weighted by atomic mass is 9.80. The minimum atomic E-state index is 0.0715. The standard InChI is InChI=1S/C22H22O2/c23-20-11-5-3-8-15(20)18-13-19-16-9-4-6-12-21(16)24-22(19)17-10-2-1-7-14(17)18/h1-2,7,10,13,15H,3-6,8-9,11-12H2. The molecule has 1 saturated carbocycles. The summed E-state index contributed by atoms with van der Waals surface area (Å²) in [6.45, 7) is 0. The van der Waals surface area contributed by atoms with Gasteiger partial charge in [0.15, 0.2) is 0 Å².